The fourth-order valence-electron chi connectivity index (χ4n) is 3.06. The number of hydrogen-bond acceptors (Lipinski definition) is 4. The van der Waals surface area contributed by atoms with E-state index >= 15 is 0 Å². The Morgan fingerprint density at radius 3 is 2.70 bits per heavy atom. The molecule has 5 heteroatoms. The fourth-order valence-corrected chi connectivity index (χ4v) is 3.24. The van der Waals surface area contributed by atoms with Crippen molar-refractivity contribution in [2.75, 3.05) is 26.3 Å². The van der Waals surface area contributed by atoms with Crippen LogP contribution in [-0.2, 0) is 4.74 Å². The van der Waals surface area contributed by atoms with E-state index in [1.54, 1.807) is 6.07 Å². The molecule has 3 atom stereocenters. The maximum absolute atomic E-state index is 10.5. The first-order chi connectivity index (χ1) is 9.75. The molecule has 1 N–H and O–H groups in total. The number of benzene rings is 1. The fraction of sp³-hybridized carbons (Fsp3) is 0.600. The SMILES string of the molecule is O[C@H]1[C@H](N2CCOCC2)CC[C@H]1Oc1ccccc1Cl. The second-order valence-electron chi connectivity index (χ2n) is 5.37. The average Bonchev–Trinajstić information content (AvgIpc) is 2.84. The molecular formula is C15H20ClNO3. The number of ether oxygens (including phenoxy) is 2. The van der Waals surface area contributed by atoms with E-state index in [9.17, 15) is 5.11 Å². The molecule has 0 spiro atoms. The highest BCUT2D eigenvalue weighted by Crippen LogP contribution is 2.32. The smallest absolute Gasteiger partial charge is 0.138 e. The van der Waals surface area contributed by atoms with Gasteiger partial charge in [-0.05, 0) is 25.0 Å². The quantitative estimate of drug-likeness (QED) is 0.926. The summed E-state index contributed by atoms with van der Waals surface area (Å²) in [5, 5.41) is 11.1. The van der Waals surface area contributed by atoms with Gasteiger partial charge in [-0.1, -0.05) is 23.7 Å². The van der Waals surface area contributed by atoms with Crippen molar-refractivity contribution < 1.29 is 14.6 Å². The van der Waals surface area contributed by atoms with Crippen molar-refractivity contribution in [3.8, 4) is 5.75 Å². The maximum Gasteiger partial charge on any atom is 0.138 e. The molecule has 0 radical (unpaired) electrons. The number of nitrogens with zero attached hydrogens (tertiary/aromatic N) is 1. The Labute approximate surface area is 124 Å². The first kappa shape index (κ1) is 14.1. The van der Waals surface area contributed by atoms with Crippen LogP contribution in [0, 0.1) is 0 Å². The van der Waals surface area contributed by atoms with Crippen molar-refractivity contribution in [2.24, 2.45) is 0 Å². The molecule has 1 aromatic rings. The monoisotopic (exact) mass is 297 g/mol. The van der Waals surface area contributed by atoms with Crippen LogP contribution in [0.1, 0.15) is 12.8 Å². The zero-order valence-corrected chi connectivity index (χ0v) is 12.1. The van der Waals surface area contributed by atoms with Gasteiger partial charge in [-0.3, -0.25) is 4.90 Å². The van der Waals surface area contributed by atoms with E-state index in [-0.39, 0.29) is 12.1 Å². The van der Waals surface area contributed by atoms with Crippen LogP contribution in [0.3, 0.4) is 0 Å². The number of halogens is 1. The summed E-state index contributed by atoms with van der Waals surface area (Å²) in [5.74, 6) is 0.654. The van der Waals surface area contributed by atoms with Crippen LogP contribution in [0.15, 0.2) is 24.3 Å². The molecule has 0 unspecified atom stereocenters. The Morgan fingerprint density at radius 1 is 1.20 bits per heavy atom. The van der Waals surface area contributed by atoms with Crippen molar-refractivity contribution in [2.45, 2.75) is 31.1 Å². The van der Waals surface area contributed by atoms with Gasteiger partial charge in [0.25, 0.3) is 0 Å². The molecule has 1 saturated carbocycles. The van der Waals surface area contributed by atoms with Gasteiger partial charge >= 0.3 is 0 Å². The van der Waals surface area contributed by atoms with Crippen LogP contribution >= 0.6 is 11.6 Å². The summed E-state index contributed by atoms with van der Waals surface area (Å²) in [5.41, 5.74) is 0. The summed E-state index contributed by atoms with van der Waals surface area (Å²) in [7, 11) is 0. The molecule has 0 aromatic heterocycles. The molecule has 1 aliphatic heterocycles. The molecule has 20 heavy (non-hydrogen) atoms. The van der Waals surface area contributed by atoms with E-state index in [0.29, 0.717) is 10.8 Å². The van der Waals surface area contributed by atoms with Gasteiger partial charge in [0.1, 0.15) is 18.0 Å². The highest BCUT2D eigenvalue weighted by Gasteiger charge is 2.40. The molecule has 2 aliphatic rings. The number of hydrogen-bond donors (Lipinski definition) is 1. The second-order valence-corrected chi connectivity index (χ2v) is 5.78. The first-order valence-electron chi connectivity index (χ1n) is 7.17. The predicted octanol–water partition coefficient (Wildman–Crippen LogP) is 1.94. The summed E-state index contributed by atoms with van der Waals surface area (Å²) < 4.78 is 11.3. The van der Waals surface area contributed by atoms with Crippen molar-refractivity contribution in [1.82, 2.24) is 4.90 Å². The summed E-state index contributed by atoms with van der Waals surface area (Å²) >= 11 is 6.10. The van der Waals surface area contributed by atoms with Gasteiger partial charge in [0.15, 0.2) is 0 Å². The third-order valence-corrected chi connectivity index (χ3v) is 4.46. The molecule has 1 aliphatic carbocycles. The van der Waals surface area contributed by atoms with Gasteiger partial charge in [0, 0.05) is 19.1 Å². The number of aliphatic hydroxyl groups is 1. The number of morpholine rings is 1. The van der Waals surface area contributed by atoms with Crippen LogP contribution in [0.4, 0.5) is 0 Å². The summed E-state index contributed by atoms with van der Waals surface area (Å²) in [4.78, 5) is 2.31. The highest BCUT2D eigenvalue weighted by molar-refractivity contribution is 6.32. The molecular weight excluding hydrogens is 278 g/mol. The van der Waals surface area contributed by atoms with E-state index in [4.69, 9.17) is 21.1 Å². The molecule has 110 valence electrons. The minimum Gasteiger partial charge on any atom is -0.486 e. The van der Waals surface area contributed by atoms with Crippen LogP contribution in [0.25, 0.3) is 0 Å². The molecule has 0 amide bonds. The summed E-state index contributed by atoms with van der Waals surface area (Å²) in [6, 6.07) is 7.58. The number of rotatable bonds is 3. The molecule has 3 rings (SSSR count). The molecule has 2 fully saturated rings. The standard InChI is InChI=1S/C15H20ClNO3/c16-11-3-1-2-4-13(11)20-14-6-5-12(15(14)18)17-7-9-19-10-8-17/h1-4,12,14-15,18H,5-10H2/t12-,14-,15+/m1/s1. The highest BCUT2D eigenvalue weighted by atomic mass is 35.5. The van der Waals surface area contributed by atoms with Crippen molar-refractivity contribution >= 4 is 11.6 Å². The lowest BCUT2D eigenvalue weighted by Crippen LogP contribution is -2.49. The lowest BCUT2D eigenvalue weighted by molar-refractivity contribution is -0.0313. The van der Waals surface area contributed by atoms with Crippen LogP contribution in [0.2, 0.25) is 5.02 Å². The van der Waals surface area contributed by atoms with Crippen LogP contribution < -0.4 is 4.74 Å². The van der Waals surface area contributed by atoms with Gasteiger partial charge < -0.3 is 14.6 Å². The third kappa shape index (κ3) is 2.93. The molecule has 0 bridgehead atoms. The van der Waals surface area contributed by atoms with Gasteiger partial charge in [-0.15, -0.1) is 0 Å². The van der Waals surface area contributed by atoms with Crippen molar-refractivity contribution in [3.05, 3.63) is 29.3 Å². The lowest BCUT2D eigenvalue weighted by atomic mass is 10.1. The lowest BCUT2D eigenvalue weighted by Gasteiger charge is -2.34. The van der Waals surface area contributed by atoms with Gasteiger partial charge in [0.2, 0.25) is 0 Å². The molecule has 4 nitrogen and oxygen atoms in total. The first-order valence-corrected chi connectivity index (χ1v) is 7.54. The van der Waals surface area contributed by atoms with Crippen LogP contribution in [0.5, 0.6) is 5.75 Å². The van der Waals surface area contributed by atoms with Gasteiger partial charge in [-0.2, -0.15) is 0 Å². The van der Waals surface area contributed by atoms with Crippen LogP contribution in [-0.4, -0.2) is 54.6 Å². The Kier molecular flexibility index (Phi) is 4.46. The number of aliphatic hydroxyl groups excluding tert-OH is 1. The molecule has 1 saturated heterocycles. The molecule has 1 aromatic carbocycles. The zero-order valence-electron chi connectivity index (χ0n) is 11.4. The average molecular weight is 298 g/mol. The van der Waals surface area contributed by atoms with Gasteiger partial charge in [-0.25, -0.2) is 0 Å². The number of para-hydroxylation sites is 1. The Balaban J connectivity index is 1.63. The van der Waals surface area contributed by atoms with Crippen molar-refractivity contribution in [1.29, 1.82) is 0 Å². The third-order valence-electron chi connectivity index (χ3n) is 4.15. The largest absolute Gasteiger partial charge is 0.486 e. The summed E-state index contributed by atoms with van der Waals surface area (Å²) in [6.45, 7) is 3.28. The van der Waals surface area contributed by atoms with E-state index < -0.39 is 6.10 Å². The topological polar surface area (TPSA) is 41.9 Å². The predicted molar refractivity (Wildman–Crippen MR) is 77.3 cm³/mol. The van der Waals surface area contributed by atoms with Gasteiger partial charge in [0.05, 0.1) is 18.2 Å². The second kappa shape index (κ2) is 6.31. The minimum absolute atomic E-state index is 0.173. The Morgan fingerprint density at radius 2 is 1.95 bits per heavy atom. The van der Waals surface area contributed by atoms with E-state index in [1.807, 2.05) is 18.2 Å². The Hall–Kier alpha value is -0.810. The normalized spacial score (nSPS) is 31.4. The van der Waals surface area contributed by atoms with E-state index in [0.717, 1.165) is 39.1 Å². The maximum atomic E-state index is 10.5. The van der Waals surface area contributed by atoms with E-state index in [1.165, 1.54) is 0 Å². The zero-order chi connectivity index (χ0) is 13.9. The minimum atomic E-state index is -0.468. The molecule has 1 heterocycles. The summed E-state index contributed by atoms with van der Waals surface area (Å²) in [6.07, 6.45) is 1.16. The van der Waals surface area contributed by atoms with Crippen molar-refractivity contribution in [3.63, 3.8) is 0 Å². The Bertz CT molecular complexity index is 450. The van der Waals surface area contributed by atoms with E-state index in [2.05, 4.69) is 4.90 Å².